The van der Waals surface area contributed by atoms with Gasteiger partial charge < -0.3 is 10.1 Å². The van der Waals surface area contributed by atoms with E-state index >= 15 is 0 Å². The van der Waals surface area contributed by atoms with Crippen LogP contribution in [0.15, 0.2) is 55.2 Å². The number of hydrogen-bond acceptors (Lipinski definition) is 2. The van der Waals surface area contributed by atoms with Crippen molar-refractivity contribution in [3.8, 4) is 5.75 Å². The molecule has 1 N–H and O–H groups in total. The smallest absolute Gasteiger partial charge is 0.124 e. The molecule has 0 bridgehead atoms. The minimum Gasteiger partial charge on any atom is -0.487 e. The number of nitrogens with one attached hydrogen (secondary N) is 1. The van der Waals surface area contributed by atoms with E-state index in [1.807, 2.05) is 12.2 Å². The highest BCUT2D eigenvalue weighted by molar-refractivity contribution is 5.42. The first-order valence-corrected chi connectivity index (χ1v) is 8.47. The van der Waals surface area contributed by atoms with Gasteiger partial charge in [0.15, 0.2) is 0 Å². The average molecular weight is 311 g/mol. The van der Waals surface area contributed by atoms with Gasteiger partial charge >= 0.3 is 0 Å². The minimum atomic E-state index is -0.141. The molecule has 1 aliphatic rings. The predicted molar refractivity (Wildman–Crippen MR) is 99.0 cm³/mol. The van der Waals surface area contributed by atoms with Crippen LogP contribution < -0.4 is 10.1 Å². The van der Waals surface area contributed by atoms with E-state index in [1.54, 1.807) is 6.08 Å². The van der Waals surface area contributed by atoms with Crippen LogP contribution in [0.5, 0.6) is 5.75 Å². The van der Waals surface area contributed by atoms with Crippen LogP contribution in [0, 0.1) is 0 Å². The van der Waals surface area contributed by atoms with Crippen LogP contribution >= 0.6 is 0 Å². The summed E-state index contributed by atoms with van der Waals surface area (Å²) in [4.78, 5) is 0. The minimum absolute atomic E-state index is 0.141. The van der Waals surface area contributed by atoms with Crippen LogP contribution in [0.25, 0.3) is 0 Å². The topological polar surface area (TPSA) is 21.3 Å². The first-order valence-electron chi connectivity index (χ1n) is 8.47. The van der Waals surface area contributed by atoms with Gasteiger partial charge in [-0.05, 0) is 44.9 Å². The van der Waals surface area contributed by atoms with E-state index in [-0.39, 0.29) is 5.60 Å². The lowest BCUT2D eigenvalue weighted by atomic mass is 9.88. The summed E-state index contributed by atoms with van der Waals surface area (Å²) in [6.45, 7) is 15.2. The molecule has 2 rings (SSSR count). The van der Waals surface area contributed by atoms with Gasteiger partial charge in [-0.1, -0.05) is 56.0 Å². The third-order valence-electron chi connectivity index (χ3n) is 4.24. The molecule has 0 aromatic heterocycles. The summed E-state index contributed by atoms with van der Waals surface area (Å²) in [7, 11) is 0. The van der Waals surface area contributed by atoms with Gasteiger partial charge in [0.2, 0.25) is 0 Å². The van der Waals surface area contributed by atoms with Gasteiger partial charge in [0.25, 0.3) is 0 Å². The second kappa shape index (κ2) is 7.65. The van der Waals surface area contributed by atoms with Gasteiger partial charge in [-0.25, -0.2) is 0 Å². The fourth-order valence-corrected chi connectivity index (χ4v) is 3.00. The Balaban J connectivity index is 2.07. The summed E-state index contributed by atoms with van der Waals surface area (Å²) in [6, 6.07) is 6.90. The standard InChI is InChI=1S/C21H29NO/c1-6-8-9-16(3)12-13-22-19-15-21(4,5)23-20-11-10-17(7-2)14-18(19)20/h6,8-11,14,19,22H,1,3,7,12-13,15H2,2,4-5H3/b9-8-. The van der Waals surface area contributed by atoms with Crippen molar-refractivity contribution in [1.29, 1.82) is 0 Å². The van der Waals surface area contributed by atoms with E-state index in [4.69, 9.17) is 4.74 Å². The third-order valence-corrected chi connectivity index (χ3v) is 4.24. The van der Waals surface area contributed by atoms with Crippen molar-refractivity contribution in [3.63, 3.8) is 0 Å². The average Bonchev–Trinajstić information content (AvgIpc) is 2.51. The number of hydrogen-bond donors (Lipinski definition) is 1. The molecule has 2 nitrogen and oxygen atoms in total. The van der Waals surface area contributed by atoms with Crippen LogP contribution in [0.3, 0.4) is 0 Å². The fraction of sp³-hybridized carbons (Fsp3) is 0.429. The molecule has 0 fully saturated rings. The monoisotopic (exact) mass is 311 g/mol. The largest absolute Gasteiger partial charge is 0.487 e. The molecule has 2 heteroatoms. The lowest BCUT2D eigenvalue weighted by Crippen LogP contribution is -2.39. The molecule has 0 radical (unpaired) electrons. The van der Waals surface area contributed by atoms with Gasteiger partial charge in [-0.3, -0.25) is 0 Å². The Morgan fingerprint density at radius 2 is 2.22 bits per heavy atom. The summed E-state index contributed by atoms with van der Waals surface area (Å²) in [5.74, 6) is 1.02. The van der Waals surface area contributed by atoms with Gasteiger partial charge in [0.05, 0.1) is 0 Å². The van der Waals surface area contributed by atoms with E-state index in [9.17, 15) is 0 Å². The van der Waals surface area contributed by atoms with E-state index in [0.717, 1.165) is 37.1 Å². The second-order valence-electron chi connectivity index (χ2n) is 6.80. The van der Waals surface area contributed by atoms with Crippen LogP contribution in [-0.4, -0.2) is 12.1 Å². The zero-order valence-corrected chi connectivity index (χ0v) is 14.7. The normalized spacial score (nSPS) is 19.2. The highest BCUT2D eigenvalue weighted by atomic mass is 16.5. The number of benzene rings is 1. The van der Waals surface area contributed by atoms with Crippen molar-refractivity contribution in [3.05, 3.63) is 66.3 Å². The molecule has 0 aliphatic carbocycles. The van der Waals surface area contributed by atoms with Crippen molar-refractivity contribution < 1.29 is 4.74 Å². The van der Waals surface area contributed by atoms with E-state index < -0.39 is 0 Å². The van der Waals surface area contributed by atoms with Gasteiger partial charge in [0, 0.05) is 18.0 Å². The lowest BCUT2D eigenvalue weighted by molar-refractivity contribution is 0.0661. The molecular formula is C21H29NO. The van der Waals surface area contributed by atoms with Gasteiger partial charge in [-0.15, -0.1) is 0 Å². The van der Waals surface area contributed by atoms with Gasteiger partial charge in [0.1, 0.15) is 11.4 Å². The van der Waals surface area contributed by atoms with Crippen molar-refractivity contribution >= 4 is 0 Å². The van der Waals surface area contributed by atoms with E-state index in [2.05, 4.69) is 57.4 Å². The zero-order chi connectivity index (χ0) is 16.9. The number of fused-ring (bicyclic) bond motifs is 1. The molecule has 1 unspecified atom stereocenters. The Morgan fingerprint density at radius 1 is 1.43 bits per heavy atom. The fourth-order valence-electron chi connectivity index (χ4n) is 3.00. The highest BCUT2D eigenvalue weighted by Crippen LogP contribution is 2.39. The van der Waals surface area contributed by atoms with Crippen LogP contribution in [-0.2, 0) is 6.42 Å². The predicted octanol–water partition coefficient (Wildman–Crippen LogP) is 5.13. The zero-order valence-electron chi connectivity index (χ0n) is 14.7. The molecule has 124 valence electrons. The summed E-state index contributed by atoms with van der Waals surface area (Å²) in [5, 5.41) is 3.69. The lowest BCUT2D eigenvalue weighted by Gasteiger charge is -2.38. The number of rotatable bonds is 7. The van der Waals surface area contributed by atoms with Crippen LogP contribution in [0.2, 0.25) is 0 Å². The molecule has 1 aromatic rings. The molecule has 1 heterocycles. The molecule has 1 atom stereocenters. The second-order valence-corrected chi connectivity index (χ2v) is 6.80. The maximum atomic E-state index is 6.15. The van der Waals surface area contributed by atoms with Crippen molar-refractivity contribution in [2.45, 2.75) is 51.7 Å². The molecule has 0 saturated carbocycles. The molecule has 0 amide bonds. The van der Waals surface area contributed by atoms with Crippen LogP contribution in [0.1, 0.15) is 50.8 Å². The summed E-state index contributed by atoms with van der Waals surface area (Å²) in [5.41, 5.74) is 3.62. The first-order chi connectivity index (χ1) is 10.9. The highest BCUT2D eigenvalue weighted by Gasteiger charge is 2.33. The molecule has 1 aromatic carbocycles. The SMILES string of the molecule is C=C/C=C\C(=C)CCNC1CC(C)(C)Oc2ccc(CC)cc21. The first kappa shape index (κ1) is 17.6. The Hall–Kier alpha value is -1.80. The summed E-state index contributed by atoms with van der Waals surface area (Å²) < 4.78 is 6.15. The Morgan fingerprint density at radius 3 is 2.91 bits per heavy atom. The van der Waals surface area contributed by atoms with Gasteiger partial charge in [-0.2, -0.15) is 0 Å². The van der Waals surface area contributed by atoms with Crippen LogP contribution in [0.4, 0.5) is 0 Å². The maximum absolute atomic E-state index is 6.15. The summed E-state index contributed by atoms with van der Waals surface area (Å²) in [6.07, 6.45) is 8.69. The Kier molecular flexibility index (Phi) is 5.84. The molecule has 0 saturated heterocycles. The van der Waals surface area contributed by atoms with E-state index in [1.165, 1.54) is 11.1 Å². The Bertz CT molecular complexity index is 598. The molecule has 1 aliphatic heterocycles. The number of ether oxygens (including phenoxy) is 1. The quantitative estimate of drug-likeness (QED) is 0.705. The van der Waals surface area contributed by atoms with Crippen molar-refractivity contribution in [1.82, 2.24) is 5.32 Å². The molecule has 23 heavy (non-hydrogen) atoms. The number of aryl methyl sites for hydroxylation is 1. The number of allylic oxidation sites excluding steroid dienone is 3. The van der Waals surface area contributed by atoms with Crippen molar-refractivity contribution in [2.24, 2.45) is 0 Å². The van der Waals surface area contributed by atoms with E-state index in [0.29, 0.717) is 6.04 Å². The Labute approximate surface area is 140 Å². The molecular weight excluding hydrogens is 282 g/mol. The maximum Gasteiger partial charge on any atom is 0.124 e. The molecule has 0 spiro atoms. The summed E-state index contributed by atoms with van der Waals surface area (Å²) >= 11 is 0. The van der Waals surface area contributed by atoms with Crippen molar-refractivity contribution in [2.75, 3.05) is 6.54 Å². The third kappa shape index (κ3) is 4.84.